The number of fused-ring (bicyclic) bond motifs is 5. The Morgan fingerprint density at radius 1 is 0.308 bits per heavy atom. The summed E-state index contributed by atoms with van der Waals surface area (Å²) in [6.45, 7) is 0. The van der Waals surface area contributed by atoms with E-state index < -0.39 is 0 Å². The van der Waals surface area contributed by atoms with E-state index >= 15 is 0 Å². The normalized spacial score (nSPS) is 11.5. The molecule has 0 saturated carbocycles. The molecule has 0 aliphatic heterocycles. The minimum Gasteiger partial charge on any atom is -0.456 e. The first-order chi connectivity index (χ1) is 25.8. The molecule has 0 atom stereocenters. The van der Waals surface area contributed by atoms with Crippen LogP contribution in [0.5, 0.6) is 0 Å². The molecule has 10 rings (SSSR count). The van der Waals surface area contributed by atoms with Gasteiger partial charge in [-0.25, -0.2) is 0 Å². The van der Waals surface area contributed by atoms with Gasteiger partial charge in [0.15, 0.2) is 0 Å². The van der Waals surface area contributed by atoms with E-state index in [0.29, 0.717) is 0 Å². The molecule has 244 valence electrons. The highest BCUT2D eigenvalue weighted by atomic mass is 16.3. The molecule has 1 aromatic heterocycles. The highest BCUT2D eigenvalue weighted by molar-refractivity contribution is 6.11. The number of hydrogen-bond donors (Lipinski definition) is 0. The Kier molecular flexibility index (Phi) is 7.18. The van der Waals surface area contributed by atoms with E-state index in [-0.39, 0.29) is 0 Å². The van der Waals surface area contributed by atoms with Crippen molar-refractivity contribution in [2.24, 2.45) is 0 Å². The second-order valence-electron chi connectivity index (χ2n) is 13.4. The second kappa shape index (κ2) is 12.5. The predicted molar refractivity (Wildman–Crippen MR) is 220 cm³/mol. The molecule has 2 heteroatoms. The topological polar surface area (TPSA) is 16.4 Å². The first-order valence-corrected chi connectivity index (χ1v) is 17.8. The Morgan fingerprint density at radius 3 is 1.69 bits per heavy atom. The summed E-state index contributed by atoms with van der Waals surface area (Å²) in [6, 6.07) is 71.9. The minimum absolute atomic E-state index is 0.890. The number of para-hydroxylation sites is 1. The number of furan rings is 1. The zero-order chi connectivity index (χ0) is 34.4. The van der Waals surface area contributed by atoms with Gasteiger partial charge in [-0.05, 0) is 98.4 Å². The summed E-state index contributed by atoms with van der Waals surface area (Å²) in [7, 11) is 0. The molecule has 10 aromatic rings. The van der Waals surface area contributed by atoms with Gasteiger partial charge in [-0.2, -0.15) is 0 Å². The van der Waals surface area contributed by atoms with Gasteiger partial charge in [0.05, 0.1) is 11.4 Å². The average Bonchev–Trinajstić information content (AvgIpc) is 3.57. The van der Waals surface area contributed by atoms with Gasteiger partial charge in [-0.1, -0.05) is 146 Å². The number of nitrogens with zero attached hydrogens (tertiary/aromatic N) is 1. The van der Waals surface area contributed by atoms with Crippen LogP contribution in [0.2, 0.25) is 0 Å². The van der Waals surface area contributed by atoms with E-state index in [4.69, 9.17) is 4.42 Å². The van der Waals surface area contributed by atoms with E-state index in [2.05, 4.69) is 205 Å². The highest BCUT2D eigenvalue weighted by Gasteiger charge is 2.22. The number of anilines is 3. The molecular weight excluding hydrogens is 631 g/mol. The zero-order valence-electron chi connectivity index (χ0n) is 28.4. The Balaban J connectivity index is 1.22. The fourth-order valence-corrected chi connectivity index (χ4v) is 7.66. The van der Waals surface area contributed by atoms with Crippen LogP contribution in [0.3, 0.4) is 0 Å². The minimum atomic E-state index is 0.890. The number of hydrogen-bond acceptors (Lipinski definition) is 2. The second-order valence-corrected chi connectivity index (χ2v) is 13.4. The standard InChI is InChI=1S/C50H33NO/c1-3-13-34(14-4-1)40-24-27-48(44(30-40)36-16-5-2-6-17-36)51(42-26-23-35-15-7-8-18-37(35)29-42)47-22-12-11-21-43(47)41-25-28-49-45(32-41)46-31-38-19-9-10-20-39(38)33-50(46)52-49/h1-33H. The molecule has 2 nitrogen and oxygen atoms in total. The molecular formula is C50H33NO. The quantitative estimate of drug-likeness (QED) is 0.176. The lowest BCUT2D eigenvalue weighted by atomic mass is 9.95. The van der Waals surface area contributed by atoms with Crippen molar-refractivity contribution in [3.05, 3.63) is 200 Å². The van der Waals surface area contributed by atoms with E-state index in [0.717, 1.165) is 61.3 Å². The van der Waals surface area contributed by atoms with Gasteiger partial charge in [0.25, 0.3) is 0 Å². The van der Waals surface area contributed by atoms with Gasteiger partial charge < -0.3 is 9.32 Å². The molecule has 0 spiro atoms. The molecule has 0 aliphatic rings. The van der Waals surface area contributed by atoms with Crippen LogP contribution in [0, 0.1) is 0 Å². The van der Waals surface area contributed by atoms with Gasteiger partial charge in [0.1, 0.15) is 11.2 Å². The molecule has 0 fully saturated rings. The molecule has 0 bridgehead atoms. The van der Waals surface area contributed by atoms with E-state index in [9.17, 15) is 0 Å². The molecule has 0 saturated heterocycles. The first-order valence-electron chi connectivity index (χ1n) is 17.8. The fraction of sp³-hybridized carbons (Fsp3) is 0. The van der Waals surface area contributed by atoms with Crippen molar-refractivity contribution in [2.75, 3.05) is 4.90 Å². The Bertz CT molecular complexity index is 2910. The summed E-state index contributed by atoms with van der Waals surface area (Å²) < 4.78 is 6.41. The number of benzene rings is 9. The summed E-state index contributed by atoms with van der Waals surface area (Å²) in [5, 5.41) is 7.04. The SMILES string of the molecule is c1ccc(-c2ccc(N(c3ccc4ccccc4c3)c3ccccc3-c3ccc4oc5cc6ccccc6cc5c4c3)c(-c3ccccc3)c2)cc1. The molecule has 1 heterocycles. The van der Waals surface area contributed by atoms with Gasteiger partial charge in [-0.3, -0.25) is 0 Å². The van der Waals surface area contributed by atoms with Crippen LogP contribution >= 0.6 is 0 Å². The Labute approximate surface area is 302 Å². The maximum atomic E-state index is 6.41. The average molecular weight is 664 g/mol. The van der Waals surface area contributed by atoms with Crippen LogP contribution in [-0.4, -0.2) is 0 Å². The van der Waals surface area contributed by atoms with Crippen molar-refractivity contribution < 1.29 is 4.42 Å². The van der Waals surface area contributed by atoms with E-state index in [1.165, 1.54) is 32.7 Å². The Hall–Kier alpha value is -6.90. The molecule has 0 amide bonds. The van der Waals surface area contributed by atoms with Crippen LogP contribution in [-0.2, 0) is 0 Å². The largest absolute Gasteiger partial charge is 0.456 e. The first kappa shape index (κ1) is 30.0. The van der Waals surface area contributed by atoms with Crippen molar-refractivity contribution in [3.63, 3.8) is 0 Å². The monoisotopic (exact) mass is 663 g/mol. The maximum absolute atomic E-state index is 6.41. The maximum Gasteiger partial charge on any atom is 0.136 e. The van der Waals surface area contributed by atoms with Gasteiger partial charge in [0.2, 0.25) is 0 Å². The van der Waals surface area contributed by atoms with Crippen LogP contribution in [0.4, 0.5) is 17.1 Å². The molecule has 0 unspecified atom stereocenters. The fourth-order valence-electron chi connectivity index (χ4n) is 7.66. The van der Waals surface area contributed by atoms with Crippen LogP contribution in [0.25, 0.3) is 76.9 Å². The lowest BCUT2D eigenvalue weighted by Crippen LogP contribution is -2.12. The van der Waals surface area contributed by atoms with Crippen molar-refractivity contribution in [1.29, 1.82) is 0 Å². The summed E-state index contributed by atoms with van der Waals surface area (Å²) in [5.41, 5.74) is 12.1. The summed E-state index contributed by atoms with van der Waals surface area (Å²) in [4.78, 5) is 2.43. The van der Waals surface area contributed by atoms with Crippen molar-refractivity contribution in [3.8, 4) is 33.4 Å². The smallest absolute Gasteiger partial charge is 0.136 e. The van der Waals surface area contributed by atoms with Gasteiger partial charge >= 0.3 is 0 Å². The lowest BCUT2D eigenvalue weighted by Gasteiger charge is -2.30. The number of rotatable bonds is 6. The van der Waals surface area contributed by atoms with Crippen molar-refractivity contribution in [2.45, 2.75) is 0 Å². The zero-order valence-corrected chi connectivity index (χ0v) is 28.4. The van der Waals surface area contributed by atoms with Crippen LogP contribution in [0.15, 0.2) is 205 Å². The highest BCUT2D eigenvalue weighted by Crippen LogP contribution is 2.47. The van der Waals surface area contributed by atoms with Gasteiger partial charge in [0, 0.05) is 27.6 Å². The molecule has 0 N–H and O–H groups in total. The van der Waals surface area contributed by atoms with Crippen molar-refractivity contribution in [1.82, 2.24) is 0 Å². The molecule has 0 aliphatic carbocycles. The summed E-state index contributed by atoms with van der Waals surface area (Å²) in [5.74, 6) is 0. The summed E-state index contributed by atoms with van der Waals surface area (Å²) in [6.07, 6.45) is 0. The predicted octanol–water partition coefficient (Wildman–Crippen LogP) is 14.4. The van der Waals surface area contributed by atoms with Crippen LogP contribution in [0.1, 0.15) is 0 Å². The molecule has 52 heavy (non-hydrogen) atoms. The van der Waals surface area contributed by atoms with Crippen LogP contribution < -0.4 is 4.90 Å². The van der Waals surface area contributed by atoms with Crippen molar-refractivity contribution >= 4 is 60.5 Å². The van der Waals surface area contributed by atoms with E-state index in [1.54, 1.807) is 0 Å². The van der Waals surface area contributed by atoms with Gasteiger partial charge in [-0.15, -0.1) is 0 Å². The lowest BCUT2D eigenvalue weighted by molar-refractivity contribution is 0.669. The third-order valence-electron chi connectivity index (χ3n) is 10.2. The molecule has 0 radical (unpaired) electrons. The summed E-state index contributed by atoms with van der Waals surface area (Å²) >= 11 is 0. The Morgan fingerprint density at radius 2 is 0.904 bits per heavy atom. The van der Waals surface area contributed by atoms with E-state index in [1.807, 2.05) is 0 Å². The third kappa shape index (κ3) is 5.21. The molecule has 9 aromatic carbocycles. The third-order valence-corrected chi connectivity index (χ3v) is 10.2.